The van der Waals surface area contributed by atoms with E-state index in [-0.39, 0.29) is 13.2 Å². The largest absolute Gasteiger partial charge is 0.480 e. The molecule has 2 aliphatic rings. The smallest absolute Gasteiger partial charge is 0.410 e. The van der Waals surface area contributed by atoms with Crippen LogP contribution in [0.1, 0.15) is 40.2 Å². The summed E-state index contributed by atoms with van der Waals surface area (Å²) in [6, 6.07) is 9.26. The second-order valence-corrected chi connectivity index (χ2v) is 9.15. The molecule has 7 nitrogen and oxygen atoms in total. The third-order valence-electron chi connectivity index (χ3n) is 7.43. The molecule has 0 spiro atoms. The van der Waals surface area contributed by atoms with Crippen molar-refractivity contribution in [2.24, 2.45) is 22.2 Å². The zero-order valence-corrected chi connectivity index (χ0v) is 16.9. The van der Waals surface area contributed by atoms with Crippen molar-refractivity contribution in [1.29, 1.82) is 0 Å². The van der Waals surface area contributed by atoms with Gasteiger partial charge in [0.15, 0.2) is 5.41 Å². The second kappa shape index (κ2) is 5.96. The van der Waals surface area contributed by atoms with Crippen LogP contribution in [0, 0.1) is 22.2 Å². The van der Waals surface area contributed by atoms with E-state index in [9.17, 15) is 24.6 Å². The minimum atomic E-state index is -1.90. The van der Waals surface area contributed by atoms with Crippen LogP contribution < -0.4 is 0 Å². The van der Waals surface area contributed by atoms with Crippen LogP contribution in [0.15, 0.2) is 30.3 Å². The number of hydrogen-bond acceptors (Lipinski definition) is 4. The van der Waals surface area contributed by atoms with Gasteiger partial charge in [0, 0.05) is 17.9 Å². The molecule has 2 N–H and O–H groups in total. The number of rotatable bonds is 4. The second-order valence-electron chi connectivity index (χ2n) is 9.15. The van der Waals surface area contributed by atoms with Gasteiger partial charge in [-0.3, -0.25) is 9.59 Å². The van der Waals surface area contributed by atoms with Crippen LogP contribution >= 0.6 is 0 Å². The maximum atomic E-state index is 12.9. The third-order valence-corrected chi connectivity index (χ3v) is 7.43. The van der Waals surface area contributed by atoms with Crippen molar-refractivity contribution >= 4 is 18.0 Å². The number of aliphatic carboxylic acids is 2. The van der Waals surface area contributed by atoms with Crippen LogP contribution in [-0.2, 0) is 20.9 Å². The molecule has 1 aliphatic heterocycles. The van der Waals surface area contributed by atoms with Gasteiger partial charge in [0.1, 0.15) is 6.61 Å². The average molecular weight is 389 g/mol. The Kier molecular flexibility index (Phi) is 4.29. The quantitative estimate of drug-likeness (QED) is 0.766. The van der Waals surface area contributed by atoms with E-state index in [0.717, 1.165) is 5.56 Å². The van der Waals surface area contributed by atoms with Crippen molar-refractivity contribution in [3.8, 4) is 0 Å². The number of carboxylic acid groups (broad SMARTS) is 2. The summed E-state index contributed by atoms with van der Waals surface area (Å²) in [5.74, 6) is -3.37. The number of carboxylic acids is 2. The average Bonchev–Trinajstić information content (AvgIpc) is 3.08. The molecule has 28 heavy (non-hydrogen) atoms. The zero-order valence-electron chi connectivity index (χ0n) is 16.9. The molecular formula is C21H27NO6. The highest BCUT2D eigenvalue weighted by molar-refractivity contribution is 6.05. The molecule has 2 fully saturated rings. The highest BCUT2D eigenvalue weighted by Gasteiger charge is 2.93. The van der Waals surface area contributed by atoms with Crippen molar-refractivity contribution in [3.63, 3.8) is 0 Å². The van der Waals surface area contributed by atoms with Gasteiger partial charge in [0.2, 0.25) is 0 Å². The highest BCUT2D eigenvalue weighted by atomic mass is 16.6. The lowest BCUT2D eigenvalue weighted by atomic mass is 9.63. The SMILES string of the molecule is CC(C)(C)C1(C)N(C(=O)OCc2ccccc2)CC2C(C(=O)O)(C(=O)O)C21C. The molecular weight excluding hydrogens is 362 g/mol. The topological polar surface area (TPSA) is 104 Å². The number of amides is 1. The minimum absolute atomic E-state index is 0.0382. The molecule has 0 bridgehead atoms. The molecule has 1 amide bonds. The van der Waals surface area contributed by atoms with E-state index in [1.807, 2.05) is 51.1 Å². The number of likely N-dealkylation sites (tertiary alicyclic amines) is 1. The van der Waals surface area contributed by atoms with Gasteiger partial charge in [-0.2, -0.15) is 0 Å². The summed E-state index contributed by atoms with van der Waals surface area (Å²) < 4.78 is 5.50. The van der Waals surface area contributed by atoms with Crippen LogP contribution in [0.5, 0.6) is 0 Å². The van der Waals surface area contributed by atoms with Gasteiger partial charge in [0.05, 0.1) is 5.54 Å². The Balaban J connectivity index is 1.94. The van der Waals surface area contributed by atoms with E-state index in [0.29, 0.717) is 0 Å². The van der Waals surface area contributed by atoms with E-state index in [2.05, 4.69) is 0 Å². The number of fused-ring (bicyclic) bond motifs is 1. The molecule has 1 saturated heterocycles. The fourth-order valence-corrected chi connectivity index (χ4v) is 5.47. The molecule has 3 atom stereocenters. The third kappa shape index (κ3) is 2.19. The fraction of sp³-hybridized carbons (Fsp3) is 0.571. The Bertz CT molecular complexity index is 815. The summed E-state index contributed by atoms with van der Waals surface area (Å²) in [7, 11) is 0. The summed E-state index contributed by atoms with van der Waals surface area (Å²) in [5, 5.41) is 19.6. The van der Waals surface area contributed by atoms with Gasteiger partial charge < -0.3 is 19.8 Å². The van der Waals surface area contributed by atoms with E-state index in [1.54, 1.807) is 13.8 Å². The van der Waals surface area contributed by atoms with E-state index < -0.39 is 45.7 Å². The Morgan fingerprint density at radius 1 is 1.11 bits per heavy atom. The van der Waals surface area contributed by atoms with Crippen LogP contribution in [0.2, 0.25) is 0 Å². The van der Waals surface area contributed by atoms with Crippen LogP contribution in [-0.4, -0.2) is 45.2 Å². The number of hydrogen-bond donors (Lipinski definition) is 2. The number of benzene rings is 1. The lowest BCUT2D eigenvalue weighted by molar-refractivity contribution is -0.165. The summed E-state index contributed by atoms with van der Waals surface area (Å²) in [6.07, 6.45) is -0.556. The van der Waals surface area contributed by atoms with Crippen molar-refractivity contribution in [1.82, 2.24) is 4.90 Å². The first-order chi connectivity index (χ1) is 12.9. The fourth-order valence-electron chi connectivity index (χ4n) is 5.47. The van der Waals surface area contributed by atoms with E-state index >= 15 is 0 Å². The molecule has 3 rings (SSSR count). The summed E-state index contributed by atoms with van der Waals surface area (Å²) in [4.78, 5) is 38.5. The maximum Gasteiger partial charge on any atom is 0.410 e. The lowest BCUT2D eigenvalue weighted by Gasteiger charge is -2.51. The monoisotopic (exact) mass is 389 g/mol. The van der Waals surface area contributed by atoms with E-state index in [4.69, 9.17) is 4.74 Å². The van der Waals surface area contributed by atoms with Crippen molar-refractivity contribution in [2.45, 2.75) is 46.8 Å². The summed E-state index contributed by atoms with van der Waals surface area (Å²) >= 11 is 0. The first-order valence-electron chi connectivity index (χ1n) is 9.32. The first kappa shape index (κ1) is 20.2. The van der Waals surface area contributed by atoms with Gasteiger partial charge in [-0.1, -0.05) is 58.0 Å². The molecule has 7 heteroatoms. The van der Waals surface area contributed by atoms with Crippen LogP contribution in [0.4, 0.5) is 4.79 Å². The predicted molar refractivity (Wildman–Crippen MR) is 100 cm³/mol. The summed E-state index contributed by atoms with van der Waals surface area (Å²) in [5.41, 5.74) is -3.76. The van der Waals surface area contributed by atoms with Gasteiger partial charge >= 0.3 is 18.0 Å². The van der Waals surface area contributed by atoms with Crippen molar-refractivity contribution in [2.75, 3.05) is 6.54 Å². The maximum absolute atomic E-state index is 12.9. The molecule has 1 aromatic rings. The summed E-state index contributed by atoms with van der Waals surface area (Å²) in [6.45, 7) is 9.28. The number of nitrogens with zero attached hydrogens (tertiary/aromatic N) is 1. The predicted octanol–water partition coefficient (Wildman–Crippen LogP) is 3.24. The number of carbonyl (C=O) groups excluding carboxylic acids is 1. The highest BCUT2D eigenvalue weighted by Crippen LogP contribution is 2.81. The molecule has 1 aromatic carbocycles. The number of carbonyl (C=O) groups is 3. The molecule has 152 valence electrons. The van der Waals surface area contributed by atoms with Crippen LogP contribution in [0.3, 0.4) is 0 Å². The molecule has 0 aromatic heterocycles. The number of piperidine rings is 1. The minimum Gasteiger partial charge on any atom is -0.480 e. The van der Waals surface area contributed by atoms with Gasteiger partial charge in [-0.05, 0) is 17.9 Å². The molecule has 1 heterocycles. The zero-order chi connectivity index (χ0) is 21.1. The lowest BCUT2D eigenvalue weighted by Crippen LogP contribution is -2.62. The van der Waals surface area contributed by atoms with Crippen molar-refractivity contribution < 1.29 is 29.3 Å². The Labute approximate surface area is 164 Å². The molecule has 0 radical (unpaired) electrons. The molecule has 3 unspecified atom stereocenters. The van der Waals surface area contributed by atoms with Gasteiger partial charge in [-0.15, -0.1) is 0 Å². The van der Waals surface area contributed by atoms with Crippen molar-refractivity contribution in [3.05, 3.63) is 35.9 Å². The van der Waals surface area contributed by atoms with Gasteiger partial charge in [0.25, 0.3) is 0 Å². The normalized spacial score (nSPS) is 30.5. The molecule has 1 aliphatic carbocycles. The standard InChI is InChI=1S/C21H27NO6/c1-18(2,3)20(5)19(4)14(21(19,15(23)24)16(25)26)11-22(20)17(27)28-12-13-9-7-6-8-10-13/h6-10,14H,11-12H2,1-5H3,(H,23,24)(H,25,26). The van der Waals surface area contributed by atoms with E-state index in [1.165, 1.54) is 4.90 Å². The first-order valence-corrected chi connectivity index (χ1v) is 9.32. The Hall–Kier alpha value is -2.57. The van der Waals surface area contributed by atoms with Crippen LogP contribution in [0.25, 0.3) is 0 Å². The molecule has 1 saturated carbocycles. The Morgan fingerprint density at radius 2 is 1.64 bits per heavy atom. The number of ether oxygens (including phenoxy) is 1. The van der Waals surface area contributed by atoms with Gasteiger partial charge in [-0.25, -0.2) is 4.79 Å². The Morgan fingerprint density at radius 3 is 2.11 bits per heavy atom.